The Kier molecular flexibility index (Phi) is 5.78. The first-order valence-electron chi connectivity index (χ1n) is 9.10. The quantitative estimate of drug-likeness (QED) is 0.844. The molecule has 138 valence electrons. The van der Waals surface area contributed by atoms with Crippen LogP contribution in [0.3, 0.4) is 0 Å². The van der Waals surface area contributed by atoms with E-state index >= 15 is 0 Å². The Morgan fingerprint density at radius 1 is 1.42 bits per heavy atom. The largest absolute Gasteiger partial charge is 0.338 e. The summed E-state index contributed by atoms with van der Waals surface area (Å²) in [6, 6.07) is 3.77. The summed E-state index contributed by atoms with van der Waals surface area (Å²) in [4.78, 5) is 38.3. The van der Waals surface area contributed by atoms with Crippen molar-refractivity contribution in [3.63, 3.8) is 0 Å². The van der Waals surface area contributed by atoms with Gasteiger partial charge < -0.3 is 15.6 Å². The molecular weight excluding hydrogens is 330 g/mol. The maximum atomic E-state index is 12.6. The predicted molar refractivity (Wildman–Crippen MR) is 99.6 cm³/mol. The molecule has 3 N–H and O–H groups in total. The number of piperidine rings is 1. The Bertz CT molecular complexity index is 818. The average molecular weight is 355 g/mol. The third-order valence-corrected chi connectivity index (χ3v) is 4.97. The number of nitrogens with one attached hydrogen (secondary N) is 1. The van der Waals surface area contributed by atoms with Gasteiger partial charge in [-0.15, -0.1) is 0 Å². The molecular formula is C19H25N5O2. The summed E-state index contributed by atoms with van der Waals surface area (Å²) in [5.41, 5.74) is 7.57. The normalized spacial score (nSPS) is 17.3. The van der Waals surface area contributed by atoms with Gasteiger partial charge in [0.1, 0.15) is 5.82 Å². The van der Waals surface area contributed by atoms with Gasteiger partial charge in [-0.05, 0) is 44.7 Å². The maximum absolute atomic E-state index is 12.6. The van der Waals surface area contributed by atoms with Crippen LogP contribution in [0.15, 0.2) is 29.3 Å². The molecule has 1 amide bonds. The molecule has 7 heteroatoms. The lowest BCUT2D eigenvalue weighted by atomic mass is 10.0. The minimum absolute atomic E-state index is 0.0651. The van der Waals surface area contributed by atoms with Crippen molar-refractivity contribution in [2.24, 2.45) is 5.73 Å². The van der Waals surface area contributed by atoms with E-state index in [0.717, 1.165) is 31.4 Å². The molecule has 0 aromatic carbocycles. The molecule has 1 fully saturated rings. The van der Waals surface area contributed by atoms with Crippen LogP contribution in [-0.2, 0) is 11.2 Å². The monoisotopic (exact) mass is 355 g/mol. The van der Waals surface area contributed by atoms with E-state index in [1.165, 1.54) is 0 Å². The number of rotatable bonds is 5. The number of likely N-dealkylation sites (tertiary alicyclic amines) is 1. The van der Waals surface area contributed by atoms with Crippen LogP contribution in [0.25, 0.3) is 11.4 Å². The fourth-order valence-corrected chi connectivity index (χ4v) is 3.49. The highest BCUT2D eigenvalue weighted by molar-refractivity contribution is 5.77. The molecule has 2 aromatic heterocycles. The van der Waals surface area contributed by atoms with Crippen LogP contribution in [-0.4, -0.2) is 44.9 Å². The minimum atomic E-state index is -0.196. The van der Waals surface area contributed by atoms with Crippen molar-refractivity contribution in [3.05, 3.63) is 46.1 Å². The van der Waals surface area contributed by atoms with Crippen LogP contribution < -0.4 is 11.3 Å². The van der Waals surface area contributed by atoms with Crippen molar-refractivity contribution in [2.75, 3.05) is 13.1 Å². The van der Waals surface area contributed by atoms with Gasteiger partial charge in [0.2, 0.25) is 5.91 Å². The van der Waals surface area contributed by atoms with Crippen molar-refractivity contribution >= 4 is 5.91 Å². The number of carbonyl (C=O) groups excluding carboxylic acids is 1. The van der Waals surface area contributed by atoms with Gasteiger partial charge in [-0.1, -0.05) is 0 Å². The summed E-state index contributed by atoms with van der Waals surface area (Å²) < 4.78 is 0. The first-order chi connectivity index (χ1) is 12.6. The number of carbonyl (C=O) groups is 1. The van der Waals surface area contributed by atoms with Gasteiger partial charge >= 0.3 is 0 Å². The number of H-pyrrole nitrogens is 1. The number of nitrogens with two attached hydrogens (primary N) is 1. The molecule has 0 aliphatic carbocycles. The van der Waals surface area contributed by atoms with E-state index in [4.69, 9.17) is 5.73 Å². The molecule has 0 bridgehead atoms. The van der Waals surface area contributed by atoms with Gasteiger partial charge in [0.15, 0.2) is 0 Å². The van der Waals surface area contributed by atoms with Crippen LogP contribution in [0.4, 0.5) is 0 Å². The molecule has 0 unspecified atom stereocenters. The molecule has 7 nitrogen and oxygen atoms in total. The number of aryl methyl sites for hydroxylation is 1. The second-order valence-corrected chi connectivity index (χ2v) is 6.69. The van der Waals surface area contributed by atoms with E-state index in [1.807, 2.05) is 11.0 Å². The van der Waals surface area contributed by atoms with Gasteiger partial charge in [0.05, 0.1) is 0 Å². The summed E-state index contributed by atoms with van der Waals surface area (Å²) in [6.45, 7) is 3.06. The fraction of sp³-hybridized carbons (Fsp3) is 0.474. The van der Waals surface area contributed by atoms with Crippen molar-refractivity contribution in [1.82, 2.24) is 19.9 Å². The topological polar surface area (TPSA) is 105 Å². The zero-order valence-corrected chi connectivity index (χ0v) is 15.1. The zero-order valence-electron chi connectivity index (χ0n) is 15.1. The predicted octanol–water partition coefficient (Wildman–Crippen LogP) is 1.41. The molecule has 2 aromatic rings. The van der Waals surface area contributed by atoms with Gasteiger partial charge in [0.25, 0.3) is 5.56 Å². The Labute approximate surface area is 152 Å². The number of hydrogen-bond acceptors (Lipinski definition) is 5. The summed E-state index contributed by atoms with van der Waals surface area (Å²) in [5, 5.41) is 0. The van der Waals surface area contributed by atoms with Crippen molar-refractivity contribution < 1.29 is 4.79 Å². The lowest BCUT2D eigenvalue weighted by molar-refractivity contribution is -0.134. The standard InChI is InChI=1S/C19H25N5O2/c1-13-16(7-8-17(25)24-10-3-2-6-15(24)11-20)19(26)23-18(22-13)14-5-4-9-21-12-14/h4-5,9,12,15H,2-3,6-8,10-11,20H2,1H3,(H,22,23,26)/t15-/m0/s1. The molecule has 3 heterocycles. The molecule has 1 atom stereocenters. The lowest BCUT2D eigenvalue weighted by Crippen LogP contribution is -2.47. The van der Waals surface area contributed by atoms with E-state index in [1.54, 1.807) is 25.4 Å². The third kappa shape index (κ3) is 3.99. The Morgan fingerprint density at radius 3 is 2.96 bits per heavy atom. The van der Waals surface area contributed by atoms with Crippen LogP contribution in [0.1, 0.15) is 36.9 Å². The van der Waals surface area contributed by atoms with E-state index in [0.29, 0.717) is 36.5 Å². The Morgan fingerprint density at radius 2 is 2.27 bits per heavy atom. The summed E-state index contributed by atoms with van der Waals surface area (Å²) >= 11 is 0. The van der Waals surface area contributed by atoms with Gasteiger partial charge in [0, 0.05) is 54.8 Å². The summed E-state index contributed by atoms with van der Waals surface area (Å²) in [6.07, 6.45) is 7.10. The summed E-state index contributed by atoms with van der Waals surface area (Å²) in [5.74, 6) is 0.560. The van der Waals surface area contributed by atoms with E-state index in [9.17, 15) is 9.59 Å². The van der Waals surface area contributed by atoms with Gasteiger partial charge in [-0.25, -0.2) is 4.98 Å². The van der Waals surface area contributed by atoms with Crippen LogP contribution in [0.2, 0.25) is 0 Å². The maximum Gasteiger partial charge on any atom is 0.254 e. The second-order valence-electron chi connectivity index (χ2n) is 6.69. The first kappa shape index (κ1) is 18.3. The number of hydrogen-bond donors (Lipinski definition) is 2. The number of aromatic amines is 1. The zero-order chi connectivity index (χ0) is 18.5. The van der Waals surface area contributed by atoms with Crippen LogP contribution >= 0.6 is 0 Å². The molecule has 1 saturated heterocycles. The highest BCUT2D eigenvalue weighted by Crippen LogP contribution is 2.18. The highest BCUT2D eigenvalue weighted by Gasteiger charge is 2.25. The molecule has 1 aliphatic rings. The SMILES string of the molecule is Cc1nc(-c2cccnc2)[nH]c(=O)c1CCC(=O)N1CCCC[C@H]1CN. The fourth-order valence-electron chi connectivity index (χ4n) is 3.49. The van der Waals surface area contributed by atoms with Crippen molar-refractivity contribution in [2.45, 2.75) is 45.1 Å². The second kappa shape index (κ2) is 8.23. The molecule has 0 spiro atoms. The van der Waals surface area contributed by atoms with Crippen molar-refractivity contribution in [3.8, 4) is 11.4 Å². The van der Waals surface area contributed by atoms with E-state index in [2.05, 4.69) is 15.0 Å². The Hall–Kier alpha value is -2.54. The van der Waals surface area contributed by atoms with Crippen LogP contribution in [0.5, 0.6) is 0 Å². The molecule has 0 radical (unpaired) electrons. The minimum Gasteiger partial charge on any atom is -0.338 e. The number of amides is 1. The average Bonchev–Trinajstić information content (AvgIpc) is 2.67. The van der Waals surface area contributed by atoms with E-state index in [-0.39, 0.29) is 17.5 Å². The van der Waals surface area contributed by atoms with Crippen molar-refractivity contribution in [1.29, 1.82) is 0 Å². The number of aromatic nitrogens is 3. The number of nitrogens with zero attached hydrogens (tertiary/aromatic N) is 3. The summed E-state index contributed by atoms with van der Waals surface area (Å²) in [7, 11) is 0. The molecule has 3 rings (SSSR count). The lowest BCUT2D eigenvalue weighted by Gasteiger charge is -2.35. The first-order valence-corrected chi connectivity index (χ1v) is 9.10. The Balaban J connectivity index is 1.72. The van der Waals surface area contributed by atoms with Crippen LogP contribution in [0, 0.1) is 6.92 Å². The van der Waals surface area contributed by atoms with Gasteiger partial charge in [-0.2, -0.15) is 0 Å². The molecule has 1 aliphatic heterocycles. The highest BCUT2D eigenvalue weighted by atomic mass is 16.2. The smallest absolute Gasteiger partial charge is 0.254 e. The third-order valence-electron chi connectivity index (χ3n) is 4.97. The molecule has 0 saturated carbocycles. The van der Waals surface area contributed by atoms with Gasteiger partial charge in [-0.3, -0.25) is 14.6 Å². The number of pyridine rings is 1. The van der Waals surface area contributed by atoms with E-state index < -0.39 is 0 Å². The molecule has 26 heavy (non-hydrogen) atoms.